The van der Waals surface area contributed by atoms with Crippen LogP contribution in [0.1, 0.15) is 119 Å². The van der Waals surface area contributed by atoms with Crippen LogP contribution in [0.4, 0.5) is 0 Å². The summed E-state index contributed by atoms with van der Waals surface area (Å²) in [4.78, 5) is 0. The van der Waals surface area contributed by atoms with Crippen molar-refractivity contribution in [3.05, 3.63) is 35.5 Å². The quantitative estimate of drug-likeness (QED) is 0.373. The van der Waals surface area contributed by atoms with Gasteiger partial charge in [0.15, 0.2) is 0 Å². The van der Waals surface area contributed by atoms with Crippen molar-refractivity contribution in [2.24, 2.45) is 34.0 Å². The number of hydrogen-bond donors (Lipinski definition) is 1. The van der Waals surface area contributed by atoms with Gasteiger partial charge in [0.1, 0.15) is 0 Å². The Labute approximate surface area is 199 Å². The van der Waals surface area contributed by atoms with E-state index >= 15 is 0 Å². The number of fused-ring (bicyclic) bond motifs is 3. The van der Waals surface area contributed by atoms with E-state index in [1.165, 1.54) is 68.1 Å². The molecule has 0 aromatic rings. The molecule has 1 nitrogen and oxygen atoms in total. The van der Waals surface area contributed by atoms with Crippen molar-refractivity contribution in [1.82, 2.24) is 0 Å². The summed E-state index contributed by atoms with van der Waals surface area (Å²) in [5.74, 6) is 2.15. The first kappa shape index (κ1) is 25.8. The van der Waals surface area contributed by atoms with E-state index in [0.29, 0.717) is 22.7 Å². The van der Waals surface area contributed by atoms with Gasteiger partial charge in [0.25, 0.3) is 0 Å². The van der Waals surface area contributed by atoms with Crippen LogP contribution in [0, 0.1) is 34.0 Å². The van der Waals surface area contributed by atoms with Gasteiger partial charge < -0.3 is 5.11 Å². The Kier molecular flexibility index (Phi) is 7.91. The molecule has 0 bridgehead atoms. The van der Waals surface area contributed by atoms with Crippen LogP contribution in [0.15, 0.2) is 35.5 Å². The second-order valence-corrected chi connectivity index (χ2v) is 12.8. The first-order valence-corrected chi connectivity index (χ1v) is 13.6. The van der Waals surface area contributed by atoms with Gasteiger partial charge in [0.05, 0.1) is 6.10 Å². The molecular weight excluding hydrogens is 388 g/mol. The van der Waals surface area contributed by atoms with Crippen LogP contribution in [-0.4, -0.2) is 11.2 Å². The zero-order valence-corrected chi connectivity index (χ0v) is 22.4. The summed E-state index contributed by atoms with van der Waals surface area (Å²) >= 11 is 0. The summed E-state index contributed by atoms with van der Waals surface area (Å²) < 4.78 is 0. The van der Waals surface area contributed by atoms with E-state index in [0.717, 1.165) is 25.2 Å². The molecule has 0 spiro atoms. The summed E-state index contributed by atoms with van der Waals surface area (Å²) in [6, 6.07) is 0. The summed E-state index contributed by atoms with van der Waals surface area (Å²) in [6.45, 7) is 21.1. The molecule has 0 radical (unpaired) electrons. The van der Waals surface area contributed by atoms with Crippen LogP contribution in [0.5, 0.6) is 0 Å². The van der Waals surface area contributed by atoms with Gasteiger partial charge >= 0.3 is 0 Å². The molecule has 6 atom stereocenters. The molecule has 3 saturated carbocycles. The molecule has 0 heterocycles. The van der Waals surface area contributed by atoms with Crippen molar-refractivity contribution in [1.29, 1.82) is 0 Å². The fraction of sp³-hybridized carbons (Fsp3) is 0.806. The molecule has 0 aromatic heterocycles. The van der Waals surface area contributed by atoms with E-state index < -0.39 is 0 Å². The smallest absolute Gasteiger partial charge is 0.0594 e. The zero-order chi connectivity index (χ0) is 23.7. The highest BCUT2D eigenvalue weighted by Gasteiger charge is 2.64. The Morgan fingerprint density at radius 1 is 0.906 bits per heavy atom. The predicted molar refractivity (Wildman–Crippen MR) is 140 cm³/mol. The molecule has 0 amide bonds. The van der Waals surface area contributed by atoms with Crippen molar-refractivity contribution < 1.29 is 5.11 Å². The van der Waals surface area contributed by atoms with Crippen LogP contribution in [0.3, 0.4) is 0 Å². The van der Waals surface area contributed by atoms with Gasteiger partial charge in [-0.05, 0) is 125 Å². The number of aliphatic hydroxyl groups excluding tert-OH is 1. The minimum absolute atomic E-state index is 0.0514. The van der Waals surface area contributed by atoms with Crippen LogP contribution >= 0.6 is 0 Å². The molecule has 3 rings (SSSR count). The molecule has 182 valence electrons. The van der Waals surface area contributed by atoms with Gasteiger partial charge in [-0.2, -0.15) is 0 Å². The summed E-state index contributed by atoms with van der Waals surface area (Å²) in [5, 5.41) is 10.8. The first-order chi connectivity index (χ1) is 15.0. The molecule has 1 heteroatoms. The second kappa shape index (κ2) is 9.81. The lowest BCUT2D eigenvalue weighted by atomic mass is 9.42. The maximum Gasteiger partial charge on any atom is 0.0594 e. The highest BCUT2D eigenvalue weighted by molar-refractivity contribution is 5.20. The van der Waals surface area contributed by atoms with Gasteiger partial charge in [0.2, 0.25) is 0 Å². The Bertz CT molecular complexity index is 736. The summed E-state index contributed by atoms with van der Waals surface area (Å²) in [6.07, 6.45) is 18.2. The van der Waals surface area contributed by atoms with Crippen molar-refractivity contribution in [2.75, 3.05) is 0 Å². The fourth-order valence-electron chi connectivity index (χ4n) is 8.74. The third-order valence-corrected chi connectivity index (χ3v) is 10.5. The molecule has 3 aliphatic carbocycles. The van der Waals surface area contributed by atoms with E-state index in [2.05, 4.69) is 60.6 Å². The lowest BCUT2D eigenvalue weighted by Crippen LogP contribution is -2.58. The average Bonchev–Trinajstić information content (AvgIpc) is 3.12. The lowest BCUT2D eigenvalue weighted by Gasteiger charge is -2.63. The zero-order valence-electron chi connectivity index (χ0n) is 22.4. The Morgan fingerprint density at radius 3 is 2.25 bits per heavy atom. The maximum atomic E-state index is 10.8. The molecule has 1 N–H and O–H groups in total. The van der Waals surface area contributed by atoms with Gasteiger partial charge in [-0.3, -0.25) is 0 Å². The van der Waals surface area contributed by atoms with Crippen LogP contribution < -0.4 is 0 Å². The predicted octanol–water partition coefficient (Wildman–Crippen LogP) is 9.04. The molecule has 3 fully saturated rings. The molecule has 3 aliphatic rings. The Morgan fingerprint density at radius 2 is 1.59 bits per heavy atom. The van der Waals surface area contributed by atoms with Gasteiger partial charge in [-0.1, -0.05) is 63.1 Å². The van der Waals surface area contributed by atoms with E-state index in [-0.39, 0.29) is 11.5 Å². The van der Waals surface area contributed by atoms with Crippen LogP contribution in [-0.2, 0) is 0 Å². The number of hydrogen-bond acceptors (Lipinski definition) is 1. The summed E-state index contributed by atoms with van der Waals surface area (Å²) in [7, 11) is 0. The highest BCUT2D eigenvalue weighted by Crippen LogP contribution is 2.71. The summed E-state index contributed by atoms with van der Waals surface area (Å²) in [5.41, 5.74) is 5.36. The molecule has 32 heavy (non-hydrogen) atoms. The number of allylic oxidation sites excluding steroid dienone is 5. The van der Waals surface area contributed by atoms with Crippen molar-refractivity contribution in [3.63, 3.8) is 0 Å². The number of rotatable bonds is 8. The fourth-order valence-corrected chi connectivity index (χ4v) is 8.74. The van der Waals surface area contributed by atoms with E-state index in [4.69, 9.17) is 6.58 Å². The highest BCUT2D eigenvalue weighted by atomic mass is 16.3. The van der Waals surface area contributed by atoms with E-state index in [9.17, 15) is 5.11 Å². The van der Waals surface area contributed by atoms with Crippen LogP contribution in [0.25, 0.3) is 0 Å². The van der Waals surface area contributed by atoms with Crippen molar-refractivity contribution in [3.8, 4) is 0 Å². The molecular formula is C31H52O. The van der Waals surface area contributed by atoms with Gasteiger partial charge in [-0.15, -0.1) is 0 Å². The first-order valence-electron chi connectivity index (χ1n) is 13.6. The number of aliphatic hydroxyl groups is 1. The van der Waals surface area contributed by atoms with Gasteiger partial charge in [-0.25, -0.2) is 0 Å². The van der Waals surface area contributed by atoms with Crippen LogP contribution in [0.2, 0.25) is 0 Å². The standard InChI is InChI=1S/C31H52O/c1-9-31-21-18-26-29(6,7)28(32)19-20-30(26,8)27(31)17-16-25(31)24(5)15-11-14-23(4)13-10-12-22(2)3/h12,14,25-28,32H,5,9-11,13,15-21H2,1-4,6-8H3/b23-14+/t25-,26?,27-,28-,30-,31+/m0/s1. The normalized spacial score (nSPS) is 38.7. The van der Waals surface area contributed by atoms with Crippen molar-refractivity contribution in [2.45, 2.75) is 125 Å². The van der Waals surface area contributed by atoms with Crippen molar-refractivity contribution >= 4 is 0 Å². The van der Waals surface area contributed by atoms with E-state index in [1.807, 2.05) is 0 Å². The van der Waals surface area contributed by atoms with E-state index in [1.54, 1.807) is 0 Å². The SMILES string of the molecule is C=C(CC/C=C(\C)CCC=C(C)C)[C@@H]1CC[C@@H]2[C@]1(CC)CCC1C(C)(C)[C@@H](O)CC[C@@]12C. The maximum absolute atomic E-state index is 10.8. The molecule has 0 aromatic carbocycles. The molecule has 1 unspecified atom stereocenters. The Balaban J connectivity index is 1.69. The second-order valence-electron chi connectivity index (χ2n) is 12.8. The minimum Gasteiger partial charge on any atom is -0.393 e. The average molecular weight is 441 g/mol. The topological polar surface area (TPSA) is 20.2 Å². The minimum atomic E-state index is -0.131. The largest absolute Gasteiger partial charge is 0.393 e. The third kappa shape index (κ3) is 4.57. The van der Waals surface area contributed by atoms with Gasteiger partial charge in [0, 0.05) is 0 Å². The lowest BCUT2D eigenvalue weighted by molar-refractivity contribution is -0.170. The molecule has 0 aliphatic heterocycles. The monoisotopic (exact) mass is 440 g/mol. The Hall–Kier alpha value is -0.820. The third-order valence-electron chi connectivity index (χ3n) is 10.5. The molecule has 0 saturated heterocycles.